The minimum atomic E-state index is 0.141. The Bertz CT molecular complexity index is 552. The van der Waals surface area contributed by atoms with Gasteiger partial charge in [0.25, 0.3) is 0 Å². The largest absolute Gasteiger partial charge is 0.384 e. The van der Waals surface area contributed by atoms with Crippen molar-refractivity contribution in [1.82, 2.24) is 4.98 Å². The van der Waals surface area contributed by atoms with Gasteiger partial charge in [0.1, 0.15) is 11.7 Å². The van der Waals surface area contributed by atoms with Crippen LogP contribution < -0.4 is 10.6 Å². The average Bonchev–Trinajstić information content (AvgIpc) is 2.93. The van der Waals surface area contributed by atoms with Gasteiger partial charge in [0.05, 0.1) is 5.56 Å². The van der Waals surface area contributed by atoms with Gasteiger partial charge in [-0.15, -0.1) is 0 Å². The highest BCUT2D eigenvalue weighted by Gasteiger charge is 2.28. The molecule has 114 valence electrons. The summed E-state index contributed by atoms with van der Waals surface area (Å²) in [6.45, 7) is 2.33. The quantitative estimate of drug-likeness (QED) is 0.663. The van der Waals surface area contributed by atoms with Crippen LogP contribution in [-0.4, -0.2) is 23.9 Å². The zero-order valence-electron chi connectivity index (χ0n) is 13.2. The lowest BCUT2D eigenvalue weighted by molar-refractivity contribution is 0.320. The fourth-order valence-electron chi connectivity index (χ4n) is 3.96. The van der Waals surface area contributed by atoms with E-state index in [2.05, 4.69) is 24.9 Å². The van der Waals surface area contributed by atoms with Gasteiger partial charge in [-0.1, -0.05) is 19.8 Å². The molecule has 0 spiro atoms. The molecule has 0 radical (unpaired) electrons. The van der Waals surface area contributed by atoms with Gasteiger partial charge in [0.2, 0.25) is 0 Å². The Labute approximate surface area is 127 Å². The maximum atomic E-state index is 7.91. The van der Waals surface area contributed by atoms with E-state index in [1.807, 2.05) is 0 Å². The predicted octanol–water partition coefficient (Wildman–Crippen LogP) is 2.87. The van der Waals surface area contributed by atoms with E-state index in [-0.39, 0.29) is 5.84 Å². The summed E-state index contributed by atoms with van der Waals surface area (Å²) in [4.78, 5) is 7.18. The first-order valence-electron chi connectivity index (χ1n) is 8.18. The van der Waals surface area contributed by atoms with Crippen molar-refractivity contribution in [3.05, 3.63) is 22.9 Å². The molecule has 4 heteroatoms. The van der Waals surface area contributed by atoms with Crippen molar-refractivity contribution >= 4 is 11.7 Å². The number of amidine groups is 1. The lowest BCUT2D eigenvalue weighted by atomic mass is 9.85. The maximum Gasteiger partial charge on any atom is 0.139 e. The third-order valence-electron chi connectivity index (χ3n) is 5.22. The first-order valence-corrected chi connectivity index (χ1v) is 8.18. The third-order valence-corrected chi connectivity index (χ3v) is 5.22. The van der Waals surface area contributed by atoms with Crippen LogP contribution in [0, 0.1) is 11.3 Å². The Balaban J connectivity index is 1.98. The molecular weight excluding hydrogens is 260 g/mol. The SMILES string of the molecule is CC1CCCCC1N(C)c1nc2c(cc1C(=N)N)CCC2. The lowest BCUT2D eigenvalue weighted by Gasteiger charge is -2.38. The fourth-order valence-corrected chi connectivity index (χ4v) is 3.96. The molecule has 1 fully saturated rings. The number of nitrogen functional groups attached to an aromatic ring is 1. The molecule has 2 aliphatic rings. The number of rotatable bonds is 3. The molecule has 0 aliphatic heterocycles. The Morgan fingerprint density at radius 3 is 2.76 bits per heavy atom. The van der Waals surface area contributed by atoms with Crippen LogP contribution in [0.2, 0.25) is 0 Å². The van der Waals surface area contributed by atoms with Crippen molar-refractivity contribution in [2.24, 2.45) is 11.7 Å². The Morgan fingerprint density at radius 1 is 1.29 bits per heavy atom. The van der Waals surface area contributed by atoms with E-state index in [1.165, 1.54) is 43.4 Å². The molecule has 0 bridgehead atoms. The standard InChI is InChI=1S/C17H26N4/c1-11-6-3-4-9-15(11)21(2)17-13(16(18)19)10-12-7-5-8-14(12)20-17/h10-11,15H,3-9H2,1-2H3,(H3,18,19). The van der Waals surface area contributed by atoms with Crippen LogP contribution in [0.5, 0.6) is 0 Å². The van der Waals surface area contributed by atoms with Crippen LogP contribution in [0.1, 0.15) is 55.8 Å². The van der Waals surface area contributed by atoms with Crippen molar-refractivity contribution in [2.75, 3.05) is 11.9 Å². The summed E-state index contributed by atoms with van der Waals surface area (Å²) in [7, 11) is 2.13. The van der Waals surface area contributed by atoms with Crippen LogP contribution in [0.25, 0.3) is 0 Å². The number of pyridine rings is 1. The summed E-state index contributed by atoms with van der Waals surface area (Å²) in [5.74, 6) is 1.74. The zero-order valence-corrected chi connectivity index (χ0v) is 13.2. The molecule has 0 amide bonds. The molecule has 2 aliphatic carbocycles. The highest BCUT2D eigenvalue weighted by atomic mass is 15.2. The molecule has 0 aromatic carbocycles. The number of nitrogens with zero attached hydrogens (tertiary/aromatic N) is 2. The maximum absolute atomic E-state index is 7.91. The molecule has 1 aromatic rings. The molecule has 21 heavy (non-hydrogen) atoms. The van der Waals surface area contributed by atoms with Gasteiger partial charge in [-0.3, -0.25) is 5.41 Å². The van der Waals surface area contributed by atoms with Crippen LogP contribution in [0.4, 0.5) is 5.82 Å². The highest BCUT2D eigenvalue weighted by Crippen LogP contribution is 2.33. The Hall–Kier alpha value is -1.58. The minimum Gasteiger partial charge on any atom is -0.384 e. The smallest absolute Gasteiger partial charge is 0.139 e. The average molecular weight is 286 g/mol. The van der Waals surface area contributed by atoms with E-state index < -0.39 is 0 Å². The molecule has 1 saturated carbocycles. The highest BCUT2D eigenvalue weighted by molar-refractivity contribution is 6.00. The normalized spacial score (nSPS) is 24.7. The number of nitrogens with two attached hydrogens (primary N) is 1. The summed E-state index contributed by atoms with van der Waals surface area (Å²) >= 11 is 0. The molecule has 2 unspecified atom stereocenters. The van der Waals surface area contributed by atoms with E-state index in [0.717, 1.165) is 24.2 Å². The minimum absolute atomic E-state index is 0.141. The van der Waals surface area contributed by atoms with Gasteiger partial charge in [0.15, 0.2) is 0 Å². The lowest BCUT2D eigenvalue weighted by Crippen LogP contribution is -2.40. The number of hydrogen-bond acceptors (Lipinski definition) is 3. The number of fused-ring (bicyclic) bond motifs is 1. The molecular formula is C17H26N4. The van der Waals surface area contributed by atoms with Gasteiger partial charge in [-0.05, 0) is 49.7 Å². The van der Waals surface area contributed by atoms with Crippen molar-refractivity contribution < 1.29 is 0 Å². The molecule has 2 atom stereocenters. The summed E-state index contributed by atoms with van der Waals surface area (Å²) in [6, 6.07) is 2.63. The number of hydrogen-bond donors (Lipinski definition) is 2. The molecule has 3 N–H and O–H groups in total. The van der Waals surface area contributed by atoms with Crippen LogP contribution in [-0.2, 0) is 12.8 Å². The second-order valence-corrected chi connectivity index (χ2v) is 6.67. The van der Waals surface area contributed by atoms with Crippen molar-refractivity contribution in [1.29, 1.82) is 5.41 Å². The number of nitrogens with one attached hydrogen (secondary N) is 1. The number of aromatic nitrogens is 1. The van der Waals surface area contributed by atoms with Crippen LogP contribution in [0.3, 0.4) is 0 Å². The van der Waals surface area contributed by atoms with E-state index >= 15 is 0 Å². The third kappa shape index (κ3) is 2.63. The first-order chi connectivity index (χ1) is 10.1. The van der Waals surface area contributed by atoms with Gasteiger partial charge >= 0.3 is 0 Å². The molecule has 1 aromatic heterocycles. The van der Waals surface area contributed by atoms with Crippen molar-refractivity contribution in [3.8, 4) is 0 Å². The first kappa shape index (κ1) is 14.4. The fraction of sp³-hybridized carbons (Fsp3) is 0.647. The monoisotopic (exact) mass is 286 g/mol. The number of anilines is 1. The summed E-state index contributed by atoms with van der Waals surface area (Å²) in [6.07, 6.45) is 8.44. The molecule has 0 saturated heterocycles. The van der Waals surface area contributed by atoms with E-state index in [4.69, 9.17) is 16.1 Å². The van der Waals surface area contributed by atoms with E-state index in [0.29, 0.717) is 12.0 Å². The molecule has 3 rings (SSSR count). The number of aryl methyl sites for hydroxylation is 2. The summed E-state index contributed by atoms with van der Waals surface area (Å²) in [5.41, 5.74) is 9.14. The molecule has 4 nitrogen and oxygen atoms in total. The summed E-state index contributed by atoms with van der Waals surface area (Å²) < 4.78 is 0. The van der Waals surface area contributed by atoms with Gasteiger partial charge in [-0.2, -0.15) is 0 Å². The predicted molar refractivity (Wildman–Crippen MR) is 87.1 cm³/mol. The topological polar surface area (TPSA) is 66.0 Å². The second kappa shape index (κ2) is 5.66. The van der Waals surface area contributed by atoms with Crippen LogP contribution in [0.15, 0.2) is 6.07 Å². The Kier molecular flexibility index (Phi) is 3.87. The Morgan fingerprint density at radius 2 is 2.05 bits per heavy atom. The summed E-state index contributed by atoms with van der Waals surface area (Å²) in [5, 5.41) is 7.91. The van der Waals surface area contributed by atoms with E-state index in [9.17, 15) is 0 Å². The van der Waals surface area contributed by atoms with Gasteiger partial charge in [-0.25, -0.2) is 4.98 Å². The molecule has 1 heterocycles. The van der Waals surface area contributed by atoms with Gasteiger partial charge < -0.3 is 10.6 Å². The second-order valence-electron chi connectivity index (χ2n) is 6.67. The van der Waals surface area contributed by atoms with Crippen molar-refractivity contribution in [3.63, 3.8) is 0 Å². The van der Waals surface area contributed by atoms with E-state index in [1.54, 1.807) is 0 Å². The van der Waals surface area contributed by atoms with Crippen LogP contribution >= 0.6 is 0 Å². The zero-order chi connectivity index (χ0) is 15.0. The van der Waals surface area contributed by atoms with Gasteiger partial charge in [0, 0.05) is 18.8 Å². The van der Waals surface area contributed by atoms with Crippen molar-refractivity contribution in [2.45, 2.75) is 57.9 Å².